The van der Waals surface area contributed by atoms with E-state index < -0.39 is 0 Å². The topological polar surface area (TPSA) is 40.5 Å². The number of halogens is 1. The molecule has 1 aliphatic heterocycles. The Morgan fingerprint density at radius 1 is 1.53 bits per heavy atom. The van der Waals surface area contributed by atoms with Crippen LogP contribution in [0, 0.1) is 0 Å². The number of carbonyl (C=O) groups excluding carboxylic acids is 1. The molecule has 1 amide bonds. The van der Waals surface area contributed by atoms with Gasteiger partial charge in [-0.05, 0) is 25.0 Å². The Morgan fingerprint density at radius 2 is 2.26 bits per heavy atom. The number of amides is 1. The van der Waals surface area contributed by atoms with Gasteiger partial charge in [-0.25, -0.2) is 0 Å². The van der Waals surface area contributed by atoms with Gasteiger partial charge in [0.05, 0.1) is 22.6 Å². The summed E-state index contributed by atoms with van der Waals surface area (Å²) in [6.07, 6.45) is 1.83. The fourth-order valence-corrected chi connectivity index (χ4v) is 3.63. The molecular formula is C14H18ClNO2S. The van der Waals surface area contributed by atoms with Crippen LogP contribution in [-0.4, -0.2) is 34.7 Å². The van der Waals surface area contributed by atoms with Gasteiger partial charge in [-0.1, -0.05) is 30.7 Å². The maximum atomic E-state index is 12.5. The van der Waals surface area contributed by atoms with Gasteiger partial charge in [0.2, 0.25) is 5.91 Å². The number of rotatable bonds is 4. The maximum absolute atomic E-state index is 12.5. The van der Waals surface area contributed by atoms with E-state index in [0.29, 0.717) is 11.6 Å². The summed E-state index contributed by atoms with van der Waals surface area (Å²) in [4.78, 5) is 14.3. The standard InChI is InChI=1S/C14H18ClNO2S/c1-10(9-17)19-13-7-4-8-16(14(13)18)12-6-3-2-5-11(12)15/h2-3,5-6,10,13,17H,4,7-9H2,1H3/t10-,13-/m0/s1. The number of anilines is 1. The summed E-state index contributed by atoms with van der Waals surface area (Å²) in [6.45, 7) is 2.75. The highest BCUT2D eigenvalue weighted by Crippen LogP contribution is 2.33. The zero-order valence-electron chi connectivity index (χ0n) is 10.9. The Balaban J connectivity index is 2.14. The van der Waals surface area contributed by atoms with Crippen LogP contribution in [0.4, 0.5) is 5.69 Å². The van der Waals surface area contributed by atoms with Crippen LogP contribution in [0.5, 0.6) is 0 Å². The highest BCUT2D eigenvalue weighted by atomic mass is 35.5. The Morgan fingerprint density at radius 3 is 2.95 bits per heavy atom. The average Bonchev–Trinajstić information content (AvgIpc) is 2.42. The molecule has 0 bridgehead atoms. The van der Waals surface area contributed by atoms with E-state index in [0.717, 1.165) is 18.5 Å². The predicted octanol–water partition coefficient (Wildman–Crippen LogP) is 2.95. The summed E-state index contributed by atoms with van der Waals surface area (Å²) in [5.74, 6) is 0.102. The molecule has 1 aliphatic rings. The molecule has 0 aliphatic carbocycles. The molecule has 1 N–H and O–H groups in total. The lowest BCUT2D eigenvalue weighted by Gasteiger charge is -2.33. The molecule has 0 saturated carbocycles. The van der Waals surface area contributed by atoms with Crippen molar-refractivity contribution in [2.24, 2.45) is 0 Å². The van der Waals surface area contributed by atoms with E-state index in [9.17, 15) is 4.79 Å². The third-order valence-corrected chi connectivity index (χ3v) is 4.89. The highest BCUT2D eigenvalue weighted by Gasteiger charge is 2.31. The summed E-state index contributed by atoms with van der Waals surface area (Å²) >= 11 is 7.71. The SMILES string of the molecule is C[C@@H](CO)S[C@H]1CCCN(c2ccccc2Cl)C1=O. The normalized spacial score (nSPS) is 21.5. The lowest BCUT2D eigenvalue weighted by molar-refractivity contribution is -0.119. The second-order valence-electron chi connectivity index (χ2n) is 4.70. The smallest absolute Gasteiger partial charge is 0.240 e. The van der Waals surface area contributed by atoms with Crippen LogP contribution in [-0.2, 0) is 4.79 Å². The van der Waals surface area contributed by atoms with Crippen LogP contribution < -0.4 is 4.90 Å². The number of piperidine rings is 1. The number of hydrogen-bond donors (Lipinski definition) is 1. The molecule has 0 aromatic heterocycles. The van der Waals surface area contributed by atoms with Gasteiger partial charge in [-0.15, -0.1) is 11.8 Å². The summed E-state index contributed by atoms with van der Waals surface area (Å²) in [5.41, 5.74) is 0.788. The molecule has 2 rings (SSSR count). The molecule has 1 heterocycles. The first-order valence-electron chi connectivity index (χ1n) is 6.45. The molecule has 0 spiro atoms. The fourth-order valence-electron chi connectivity index (χ4n) is 2.20. The van der Waals surface area contributed by atoms with Crippen LogP contribution in [0.15, 0.2) is 24.3 Å². The van der Waals surface area contributed by atoms with Crippen molar-refractivity contribution in [1.29, 1.82) is 0 Å². The molecule has 1 aromatic rings. The average molecular weight is 300 g/mol. The molecule has 3 nitrogen and oxygen atoms in total. The second-order valence-corrected chi connectivity index (χ2v) is 6.75. The van der Waals surface area contributed by atoms with Crippen molar-refractivity contribution in [3.05, 3.63) is 29.3 Å². The molecule has 0 radical (unpaired) electrons. The van der Waals surface area contributed by atoms with Crippen molar-refractivity contribution in [3.8, 4) is 0 Å². The molecule has 19 heavy (non-hydrogen) atoms. The van der Waals surface area contributed by atoms with Gasteiger partial charge in [0.1, 0.15) is 0 Å². The molecule has 1 fully saturated rings. The monoisotopic (exact) mass is 299 g/mol. The zero-order valence-corrected chi connectivity index (χ0v) is 12.5. The maximum Gasteiger partial charge on any atom is 0.240 e. The Hall–Kier alpha value is -0.710. The number of hydrogen-bond acceptors (Lipinski definition) is 3. The Bertz CT molecular complexity index is 455. The van der Waals surface area contributed by atoms with Crippen molar-refractivity contribution in [3.63, 3.8) is 0 Å². The number of aliphatic hydroxyl groups excluding tert-OH is 1. The first kappa shape index (κ1) is 14.7. The Kier molecular flexibility index (Phi) is 5.13. The first-order chi connectivity index (χ1) is 9.13. The number of carbonyl (C=O) groups is 1. The van der Waals surface area contributed by atoms with E-state index in [1.165, 1.54) is 0 Å². The minimum atomic E-state index is -0.0767. The van der Waals surface area contributed by atoms with Gasteiger partial charge in [0.25, 0.3) is 0 Å². The molecule has 1 saturated heterocycles. The number of aliphatic hydroxyl groups is 1. The van der Waals surface area contributed by atoms with Crippen molar-refractivity contribution in [1.82, 2.24) is 0 Å². The third-order valence-electron chi connectivity index (χ3n) is 3.19. The summed E-state index contributed by atoms with van der Waals surface area (Å²) in [5, 5.41) is 9.73. The van der Waals surface area contributed by atoms with Gasteiger partial charge in [0, 0.05) is 11.8 Å². The third kappa shape index (κ3) is 3.44. The number of benzene rings is 1. The quantitative estimate of drug-likeness (QED) is 0.929. The van der Waals surface area contributed by atoms with E-state index in [1.54, 1.807) is 22.7 Å². The first-order valence-corrected chi connectivity index (χ1v) is 7.77. The van der Waals surface area contributed by atoms with Gasteiger partial charge >= 0.3 is 0 Å². The van der Waals surface area contributed by atoms with E-state index in [2.05, 4.69) is 0 Å². The van der Waals surface area contributed by atoms with Gasteiger partial charge in [-0.3, -0.25) is 4.79 Å². The lowest BCUT2D eigenvalue weighted by Crippen LogP contribution is -2.43. The van der Waals surface area contributed by atoms with Crippen LogP contribution in [0.25, 0.3) is 0 Å². The number of nitrogens with zero attached hydrogens (tertiary/aromatic N) is 1. The van der Waals surface area contributed by atoms with Gasteiger partial charge in [-0.2, -0.15) is 0 Å². The Labute approximate surface area is 122 Å². The molecule has 2 atom stereocenters. The minimum Gasteiger partial charge on any atom is -0.395 e. The molecule has 1 aromatic carbocycles. The van der Waals surface area contributed by atoms with E-state index in [4.69, 9.17) is 16.7 Å². The van der Waals surface area contributed by atoms with Crippen molar-refractivity contribution >= 4 is 35.0 Å². The highest BCUT2D eigenvalue weighted by molar-refractivity contribution is 8.01. The zero-order chi connectivity index (χ0) is 13.8. The van der Waals surface area contributed by atoms with Crippen molar-refractivity contribution in [2.45, 2.75) is 30.3 Å². The van der Waals surface area contributed by atoms with Gasteiger partial charge in [0.15, 0.2) is 0 Å². The number of para-hydroxylation sites is 1. The fraction of sp³-hybridized carbons (Fsp3) is 0.500. The van der Waals surface area contributed by atoms with E-state index in [1.807, 2.05) is 25.1 Å². The van der Waals surface area contributed by atoms with Crippen LogP contribution in [0.2, 0.25) is 5.02 Å². The van der Waals surface area contributed by atoms with Crippen LogP contribution in [0.1, 0.15) is 19.8 Å². The van der Waals surface area contributed by atoms with Crippen LogP contribution in [0.3, 0.4) is 0 Å². The largest absolute Gasteiger partial charge is 0.395 e. The summed E-state index contributed by atoms with van der Waals surface area (Å²) in [6, 6.07) is 7.43. The molecule has 0 unspecified atom stereocenters. The van der Waals surface area contributed by atoms with E-state index in [-0.39, 0.29) is 23.0 Å². The van der Waals surface area contributed by atoms with Gasteiger partial charge < -0.3 is 10.0 Å². The summed E-state index contributed by atoms with van der Waals surface area (Å²) in [7, 11) is 0. The summed E-state index contributed by atoms with van der Waals surface area (Å²) < 4.78 is 0. The second kappa shape index (κ2) is 6.64. The molecule has 104 valence electrons. The van der Waals surface area contributed by atoms with Crippen molar-refractivity contribution in [2.75, 3.05) is 18.1 Å². The lowest BCUT2D eigenvalue weighted by atomic mass is 10.1. The minimum absolute atomic E-state index is 0.0767. The predicted molar refractivity (Wildman–Crippen MR) is 81.0 cm³/mol. The van der Waals surface area contributed by atoms with Crippen molar-refractivity contribution < 1.29 is 9.90 Å². The number of thioether (sulfide) groups is 1. The van der Waals surface area contributed by atoms with Crippen LogP contribution >= 0.6 is 23.4 Å². The molecule has 5 heteroatoms. The van der Waals surface area contributed by atoms with E-state index >= 15 is 0 Å². The molecular weight excluding hydrogens is 282 g/mol.